The van der Waals surface area contributed by atoms with Crippen LogP contribution in [0.2, 0.25) is 0 Å². The van der Waals surface area contributed by atoms with Crippen LogP contribution in [0.5, 0.6) is 0 Å². The predicted octanol–water partition coefficient (Wildman–Crippen LogP) is -0.889. The molecule has 0 aromatic rings. The van der Waals surface area contributed by atoms with E-state index in [1.54, 1.807) is 0 Å². The number of carboxylic acid groups (broad SMARTS) is 1. The summed E-state index contributed by atoms with van der Waals surface area (Å²) in [6, 6.07) is 0. The molecule has 0 atom stereocenters. The Morgan fingerprint density at radius 2 is 1.92 bits per heavy atom. The van der Waals surface area contributed by atoms with Crippen molar-refractivity contribution in [3.05, 3.63) is 12.2 Å². The molecule has 5 heteroatoms. The van der Waals surface area contributed by atoms with Crippen LogP contribution in [0.1, 0.15) is 13.8 Å². The summed E-state index contributed by atoms with van der Waals surface area (Å²) in [7, 11) is 0. The predicted molar refractivity (Wildman–Crippen MR) is 45.7 cm³/mol. The van der Waals surface area contributed by atoms with Gasteiger partial charge in [-0.2, -0.15) is 0 Å². The van der Waals surface area contributed by atoms with Crippen LogP contribution in [-0.4, -0.2) is 67.4 Å². The van der Waals surface area contributed by atoms with Gasteiger partial charge in [-0.1, -0.05) is 13.8 Å². The SMILES string of the molecule is CC(C)COC(=O)/C=C\C(=O)[O-].[Ba]. The van der Waals surface area contributed by atoms with Gasteiger partial charge in [0, 0.05) is 55.0 Å². The van der Waals surface area contributed by atoms with Crippen LogP contribution in [0, 0.1) is 5.92 Å². The molecule has 0 spiro atoms. The second-order valence-corrected chi connectivity index (χ2v) is 2.68. The first-order valence-electron chi connectivity index (χ1n) is 3.58. The van der Waals surface area contributed by atoms with Gasteiger partial charge in [-0.25, -0.2) is 4.79 Å². The van der Waals surface area contributed by atoms with Gasteiger partial charge in [0.05, 0.1) is 12.6 Å². The van der Waals surface area contributed by atoms with Crippen molar-refractivity contribution in [3.8, 4) is 0 Å². The fraction of sp³-hybridized carbons (Fsp3) is 0.500. The van der Waals surface area contributed by atoms with Gasteiger partial charge in [0.2, 0.25) is 0 Å². The van der Waals surface area contributed by atoms with Crippen molar-refractivity contribution in [2.24, 2.45) is 5.92 Å². The molecule has 0 aliphatic carbocycles. The Labute approximate surface area is 117 Å². The maximum Gasteiger partial charge on any atom is 0.330 e. The molecule has 0 aliphatic heterocycles. The molecule has 2 radical (unpaired) electrons. The van der Waals surface area contributed by atoms with Crippen LogP contribution in [0.25, 0.3) is 0 Å². The van der Waals surface area contributed by atoms with Gasteiger partial charge in [-0.3, -0.25) is 0 Å². The van der Waals surface area contributed by atoms with Gasteiger partial charge >= 0.3 is 5.97 Å². The van der Waals surface area contributed by atoms with Crippen LogP contribution in [0.4, 0.5) is 0 Å². The first-order valence-corrected chi connectivity index (χ1v) is 3.58. The zero-order valence-corrected chi connectivity index (χ0v) is 12.2. The maximum absolute atomic E-state index is 10.7. The first kappa shape index (κ1) is 15.7. The minimum absolute atomic E-state index is 0. The normalized spacial score (nSPS) is 9.77. The van der Waals surface area contributed by atoms with E-state index >= 15 is 0 Å². The molecule has 0 fully saturated rings. The summed E-state index contributed by atoms with van der Waals surface area (Å²) in [5.41, 5.74) is 0. The van der Waals surface area contributed by atoms with E-state index in [9.17, 15) is 14.7 Å². The van der Waals surface area contributed by atoms with E-state index in [-0.39, 0.29) is 61.4 Å². The van der Waals surface area contributed by atoms with Gasteiger partial charge in [-0.15, -0.1) is 0 Å². The first-order chi connectivity index (χ1) is 5.52. The largest absolute Gasteiger partial charge is 0.545 e. The Morgan fingerprint density at radius 3 is 2.31 bits per heavy atom. The number of carboxylic acids is 1. The fourth-order valence-corrected chi connectivity index (χ4v) is 0.433. The molecule has 70 valence electrons. The van der Waals surface area contributed by atoms with E-state index in [0.29, 0.717) is 6.08 Å². The van der Waals surface area contributed by atoms with Crippen molar-refractivity contribution in [1.82, 2.24) is 0 Å². The summed E-state index contributed by atoms with van der Waals surface area (Å²) in [5, 5.41) is 9.84. The molecule has 0 amide bonds. The number of rotatable bonds is 4. The zero-order valence-electron chi connectivity index (χ0n) is 7.78. The Balaban J connectivity index is 0. The van der Waals surface area contributed by atoms with Gasteiger partial charge in [0.15, 0.2) is 0 Å². The van der Waals surface area contributed by atoms with E-state index < -0.39 is 11.9 Å². The Kier molecular flexibility index (Phi) is 10.7. The number of hydrogen-bond acceptors (Lipinski definition) is 4. The van der Waals surface area contributed by atoms with Crippen LogP contribution in [-0.2, 0) is 14.3 Å². The number of carbonyl (C=O) groups excluding carboxylic acids is 2. The summed E-state index contributed by atoms with van der Waals surface area (Å²) < 4.78 is 4.64. The quantitative estimate of drug-likeness (QED) is 0.384. The number of esters is 1. The maximum atomic E-state index is 10.7. The van der Waals surface area contributed by atoms with E-state index in [4.69, 9.17) is 0 Å². The second-order valence-electron chi connectivity index (χ2n) is 2.68. The third kappa shape index (κ3) is 12.3. The van der Waals surface area contributed by atoms with Crippen LogP contribution in [0.15, 0.2) is 12.2 Å². The summed E-state index contributed by atoms with van der Waals surface area (Å²) in [5.74, 6) is -1.82. The van der Waals surface area contributed by atoms with Gasteiger partial charge in [0.25, 0.3) is 0 Å². The molecule has 0 unspecified atom stereocenters. The third-order valence-electron chi connectivity index (χ3n) is 0.914. The minimum atomic E-state index is -1.41. The van der Waals surface area contributed by atoms with E-state index in [2.05, 4.69) is 4.74 Å². The standard InChI is InChI=1S/C8H12O4.Ba/c1-6(2)5-12-8(11)4-3-7(9)10;/h3-4,6H,5H2,1-2H3,(H,9,10);/p-1/b4-3-;. The van der Waals surface area contributed by atoms with Crippen molar-refractivity contribution in [2.75, 3.05) is 6.61 Å². The van der Waals surface area contributed by atoms with Crippen molar-refractivity contribution in [1.29, 1.82) is 0 Å². The van der Waals surface area contributed by atoms with E-state index in [1.165, 1.54) is 0 Å². The average Bonchev–Trinajstić information content (AvgIpc) is 1.96. The molecule has 0 aliphatic rings. The molecule has 0 heterocycles. The Hall–Kier alpha value is 0.251. The molecule has 4 nitrogen and oxygen atoms in total. The Bertz CT molecular complexity index is 198. The number of hydrogen-bond donors (Lipinski definition) is 0. The molecule has 0 aromatic carbocycles. The van der Waals surface area contributed by atoms with Crippen molar-refractivity contribution >= 4 is 60.8 Å². The van der Waals surface area contributed by atoms with Crippen molar-refractivity contribution in [2.45, 2.75) is 13.8 Å². The van der Waals surface area contributed by atoms with E-state index in [1.807, 2.05) is 13.8 Å². The topological polar surface area (TPSA) is 66.4 Å². The zero-order chi connectivity index (χ0) is 9.56. The molecule has 13 heavy (non-hydrogen) atoms. The van der Waals surface area contributed by atoms with Crippen LogP contribution in [0.3, 0.4) is 0 Å². The van der Waals surface area contributed by atoms with E-state index in [0.717, 1.165) is 6.08 Å². The number of carbonyl (C=O) groups is 2. The summed E-state index contributed by atoms with van der Waals surface area (Å²) in [4.78, 5) is 20.5. The molecular formula is C8H11BaO4-. The minimum Gasteiger partial charge on any atom is -0.545 e. The molecule has 0 aromatic heterocycles. The smallest absolute Gasteiger partial charge is 0.330 e. The monoisotopic (exact) mass is 309 g/mol. The van der Waals surface area contributed by atoms with Crippen LogP contribution < -0.4 is 5.11 Å². The van der Waals surface area contributed by atoms with Crippen LogP contribution >= 0.6 is 0 Å². The number of aliphatic carboxylic acids is 1. The summed E-state index contributed by atoms with van der Waals surface area (Å²) in [6.45, 7) is 4.06. The Morgan fingerprint density at radius 1 is 1.38 bits per heavy atom. The summed E-state index contributed by atoms with van der Waals surface area (Å²) >= 11 is 0. The third-order valence-corrected chi connectivity index (χ3v) is 0.914. The molecule has 0 bridgehead atoms. The van der Waals surface area contributed by atoms with Gasteiger partial charge in [-0.05, 0) is 12.0 Å². The van der Waals surface area contributed by atoms with Gasteiger partial charge in [0.1, 0.15) is 0 Å². The molecular weight excluding hydrogens is 297 g/mol. The number of ether oxygens (including phenoxy) is 1. The molecule has 0 saturated carbocycles. The molecule has 0 saturated heterocycles. The van der Waals surface area contributed by atoms with Gasteiger partial charge < -0.3 is 14.6 Å². The summed E-state index contributed by atoms with van der Waals surface area (Å²) in [6.07, 6.45) is 1.47. The van der Waals surface area contributed by atoms with Crippen molar-refractivity contribution in [3.63, 3.8) is 0 Å². The average molecular weight is 308 g/mol. The molecule has 0 rings (SSSR count). The second kappa shape index (κ2) is 8.83. The molecule has 0 N–H and O–H groups in total. The van der Waals surface area contributed by atoms with Crippen molar-refractivity contribution < 1.29 is 19.4 Å². The fourth-order valence-electron chi connectivity index (χ4n) is 0.433.